The van der Waals surface area contributed by atoms with Gasteiger partial charge < -0.3 is 9.84 Å². The molecule has 0 aromatic heterocycles. The molecule has 2 saturated heterocycles. The molecule has 4 aliphatic rings. The van der Waals surface area contributed by atoms with Crippen molar-refractivity contribution in [3.8, 4) is 11.5 Å². The van der Waals surface area contributed by atoms with Gasteiger partial charge in [0.05, 0.1) is 46.7 Å². The summed E-state index contributed by atoms with van der Waals surface area (Å²) in [6.07, 6.45) is 2.14. The zero-order valence-corrected chi connectivity index (χ0v) is 30.5. The lowest BCUT2D eigenvalue weighted by Crippen LogP contribution is -2.53. The van der Waals surface area contributed by atoms with E-state index in [9.17, 15) is 23.9 Å². The highest BCUT2D eigenvalue weighted by Gasteiger charge is 2.70. The summed E-state index contributed by atoms with van der Waals surface area (Å²) in [5.41, 5.74) is 4.32. The number of fused-ring (bicyclic) bond motifs is 4. The van der Waals surface area contributed by atoms with Gasteiger partial charge in [-0.15, -0.1) is 0 Å². The van der Waals surface area contributed by atoms with E-state index < -0.39 is 58.5 Å². The maximum absolute atomic E-state index is 15.3. The van der Waals surface area contributed by atoms with Gasteiger partial charge in [0, 0.05) is 16.0 Å². The van der Waals surface area contributed by atoms with Gasteiger partial charge in [-0.25, -0.2) is 9.29 Å². The second-order valence-corrected chi connectivity index (χ2v) is 15.1. The largest absolute Gasteiger partial charge is 0.503 e. The molecule has 6 atom stereocenters. The number of rotatable bonds is 6. The maximum Gasteiger partial charge on any atom is 0.260 e. The van der Waals surface area contributed by atoms with Crippen LogP contribution in [-0.2, 0) is 24.6 Å². The number of hydrogen-bond donors (Lipinski definition) is 2. The Morgan fingerprint density at radius 1 is 0.868 bits per heavy atom. The van der Waals surface area contributed by atoms with E-state index in [1.54, 1.807) is 48.5 Å². The van der Waals surface area contributed by atoms with Gasteiger partial charge in [-0.05, 0) is 103 Å². The number of hydrogen-bond acceptors (Lipinski definition) is 7. The molecule has 2 aliphatic carbocycles. The van der Waals surface area contributed by atoms with Crippen molar-refractivity contribution in [1.29, 1.82) is 0 Å². The number of imide groups is 2. The number of nitrogens with zero attached hydrogens (tertiary/aromatic N) is 2. The zero-order chi connectivity index (χ0) is 37.5. The highest BCUT2D eigenvalue weighted by Crippen LogP contribution is 2.65. The number of aryl methyl sites for hydroxylation is 1. The van der Waals surface area contributed by atoms with Crippen molar-refractivity contribution in [1.82, 2.24) is 5.01 Å². The molecule has 4 amide bonds. The van der Waals surface area contributed by atoms with E-state index in [-0.39, 0.29) is 35.3 Å². The number of carbonyl (C=O) groups excluding carboxylic acids is 4. The molecule has 270 valence electrons. The number of benzene rings is 4. The Kier molecular flexibility index (Phi) is 8.55. The number of halogens is 4. The third kappa shape index (κ3) is 5.25. The van der Waals surface area contributed by atoms with Crippen molar-refractivity contribution in [2.45, 2.75) is 31.1 Å². The summed E-state index contributed by atoms with van der Waals surface area (Å²) in [5.74, 6) is -6.98. The Labute approximate surface area is 318 Å². The van der Waals surface area contributed by atoms with E-state index in [0.717, 1.165) is 10.6 Å². The van der Waals surface area contributed by atoms with Crippen LogP contribution in [0.1, 0.15) is 35.4 Å². The smallest absolute Gasteiger partial charge is 0.260 e. The molecular weight excluding hydrogens is 744 g/mol. The van der Waals surface area contributed by atoms with Crippen LogP contribution in [0.5, 0.6) is 11.5 Å². The Hall–Kier alpha value is -4.90. The number of nitrogens with one attached hydrogen (secondary N) is 1. The van der Waals surface area contributed by atoms with Crippen LogP contribution < -0.4 is 15.1 Å². The van der Waals surface area contributed by atoms with E-state index in [4.69, 9.17) is 39.5 Å². The summed E-state index contributed by atoms with van der Waals surface area (Å²) < 4.78 is 19.4. The van der Waals surface area contributed by atoms with E-state index in [0.29, 0.717) is 38.1 Å². The van der Waals surface area contributed by atoms with Gasteiger partial charge in [0.1, 0.15) is 5.82 Å². The summed E-state index contributed by atoms with van der Waals surface area (Å²) in [6.45, 7) is 1.82. The molecule has 2 N–H and O–H groups in total. The molecule has 2 heterocycles. The lowest BCUT2D eigenvalue weighted by molar-refractivity contribution is -0.138. The van der Waals surface area contributed by atoms with Crippen molar-refractivity contribution in [3.63, 3.8) is 0 Å². The number of ether oxygens (including phenoxy) is 1. The van der Waals surface area contributed by atoms with Crippen LogP contribution in [0.25, 0.3) is 0 Å². The van der Waals surface area contributed by atoms with E-state index >= 15 is 4.79 Å². The Balaban J connectivity index is 1.34. The number of anilines is 2. The molecule has 1 saturated carbocycles. The minimum Gasteiger partial charge on any atom is -0.503 e. The van der Waals surface area contributed by atoms with Crippen LogP contribution in [0.3, 0.4) is 0 Å². The minimum absolute atomic E-state index is 0.0410. The third-order valence-electron chi connectivity index (χ3n) is 11.3. The molecule has 8 rings (SSSR count). The van der Waals surface area contributed by atoms with Crippen LogP contribution in [0.15, 0.2) is 90.5 Å². The van der Waals surface area contributed by atoms with Crippen LogP contribution in [0, 0.1) is 36.4 Å². The minimum atomic E-state index is -1.63. The van der Waals surface area contributed by atoms with Crippen LogP contribution in [0.2, 0.25) is 15.1 Å². The van der Waals surface area contributed by atoms with E-state index in [1.165, 1.54) is 42.3 Å². The zero-order valence-electron chi connectivity index (χ0n) is 28.3. The fraction of sp³-hybridized carbons (Fsp3) is 0.250. The first kappa shape index (κ1) is 35.1. The number of aromatic hydroxyl groups is 1. The second kappa shape index (κ2) is 12.9. The number of carbonyl (C=O) groups is 4. The summed E-state index contributed by atoms with van der Waals surface area (Å²) in [4.78, 5) is 59.9. The van der Waals surface area contributed by atoms with Gasteiger partial charge in [-0.3, -0.25) is 24.6 Å². The number of phenolic OH excluding ortho intramolecular Hbond substituents is 1. The van der Waals surface area contributed by atoms with Gasteiger partial charge in [-0.1, -0.05) is 64.7 Å². The first-order valence-corrected chi connectivity index (χ1v) is 18.1. The molecule has 53 heavy (non-hydrogen) atoms. The topological polar surface area (TPSA) is 116 Å². The average Bonchev–Trinajstić information content (AvgIpc) is 3.52. The quantitative estimate of drug-likeness (QED) is 0.151. The molecule has 0 unspecified atom stereocenters. The maximum atomic E-state index is 15.3. The molecule has 2 aliphatic heterocycles. The predicted molar refractivity (Wildman–Crippen MR) is 197 cm³/mol. The molecule has 3 fully saturated rings. The Morgan fingerprint density at radius 3 is 2.26 bits per heavy atom. The standard InChI is InChI=1S/C40H31Cl3FN3O6/c1-19-3-12-25(17-30(19)42)46-36(49)27-14-13-26-28(33(27)38(46)51)18-29-37(50)47(45-24-10-8-23(44)9-11-24)39(52)40(29,21-4-6-22(41)7-5-21)34(26)20-15-31(43)35(48)32(16-20)53-2/h3-13,15-17,27-29,33-34,45,48H,14,18H2,1-2H3/t27-,28+,29-,33-,34-,40+/m0/s1. The van der Waals surface area contributed by atoms with E-state index in [2.05, 4.69) is 5.43 Å². The summed E-state index contributed by atoms with van der Waals surface area (Å²) in [7, 11) is 1.37. The number of allylic oxidation sites excluding steroid dienone is 2. The van der Waals surface area contributed by atoms with Crippen LogP contribution >= 0.6 is 34.8 Å². The van der Waals surface area contributed by atoms with Crippen molar-refractivity contribution >= 4 is 69.8 Å². The van der Waals surface area contributed by atoms with Crippen molar-refractivity contribution < 1.29 is 33.4 Å². The average molecular weight is 775 g/mol. The first-order chi connectivity index (χ1) is 25.4. The SMILES string of the molecule is COc1cc([C@H]2C3=CC[C@@H]4C(=O)N(c5ccc(C)c(Cl)c5)C(=O)[C@@H]4[C@@H]3C[C@H]3C(=O)N(Nc4ccc(F)cc4)C(=O)[C@@]23c2ccc(Cl)cc2)cc(Cl)c1O. The van der Waals surface area contributed by atoms with Gasteiger partial charge in [0.15, 0.2) is 11.5 Å². The van der Waals surface area contributed by atoms with Gasteiger partial charge in [-0.2, -0.15) is 5.01 Å². The van der Waals surface area contributed by atoms with Crippen LogP contribution in [-0.4, -0.2) is 40.9 Å². The highest BCUT2D eigenvalue weighted by molar-refractivity contribution is 6.33. The molecular formula is C40H31Cl3FN3O6. The summed E-state index contributed by atoms with van der Waals surface area (Å²) >= 11 is 19.4. The van der Waals surface area contributed by atoms with Crippen molar-refractivity contribution in [3.05, 3.63) is 128 Å². The molecule has 13 heteroatoms. The molecule has 4 aromatic carbocycles. The fourth-order valence-electron chi connectivity index (χ4n) is 8.92. The molecule has 0 spiro atoms. The number of hydrazine groups is 1. The van der Waals surface area contributed by atoms with Crippen LogP contribution in [0.4, 0.5) is 15.8 Å². The lowest BCUT2D eigenvalue weighted by Gasteiger charge is -2.50. The summed E-state index contributed by atoms with van der Waals surface area (Å²) in [6, 6.07) is 20.0. The molecule has 4 aromatic rings. The Bertz CT molecular complexity index is 2260. The van der Waals surface area contributed by atoms with Crippen molar-refractivity contribution in [2.24, 2.45) is 23.7 Å². The second-order valence-electron chi connectivity index (χ2n) is 13.9. The van der Waals surface area contributed by atoms with Gasteiger partial charge in [0.2, 0.25) is 11.8 Å². The molecule has 0 bridgehead atoms. The lowest BCUT2D eigenvalue weighted by atomic mass is 9.49. The predicted octanol–water partition coefficient (Wildman–Crippen LogP) is 8.00. The first-order valence-electron chi connectivity index (χ1n) is 16.9. The van der Waals surface area contributed by atoms with E-state index in [1.807, 2.05) is 13.0 Å². The molecule has 9 nitrogen and oxygen atoms in total. The highest BCUT2D eigenvalue weighted by atomic mass is 35.5. The fourth-order valence-corrected chi connectivity index (χ4v) is 9.44. The van der Waals surface area contributed by atoms with Crippen molar-refractivity contribution in [2.75, 3.05) is 17.4 Å². The normalized spacial score (nSPS) is 26.3. The third-order valence-corrected chi connectivity index (χ3v) is 12.2. The van der Waals surface area contributed by atoms with Gasteiger partial charge >= 0.3 is 0 Å². The van der Waals surface area contributed by atoms with Gasteiger partial charge in [0.25, 0.3) is 11.8 Å². The number of amides is 4. The monoisotopic (exact) mass is 773 g/mol. The number of phenols is 1. The Morgan fingerprint density at radius 2 is 1.58 bits per heavy atom. The number of methoxy groups -OCH3 is 1. The molecule has 0 radical (unpaired) electrons. The summed E-state index contributed by atoms with van der Waals surface area (Å²) in [5, 5.41) is 12.5.